The SMILES string of the molecule is CC(C)CN=C(NN)Nc1cccc(S(N)(=O)=O)c1. The fraction of sp³-hybridized carbons (Fsp3) is 0.364. The van der Waals surface area contributed by atoms with Gasteiger partial charge in [-0.3, -0.25) is 10.4 Å². The van der Waals surface area contributed by atoms with Gasteiger partial charge in [-0.25, -0.2) is 19.4 Å². The van der Waals surface area contributed by atoms with Gasteiger partial charge in [0, 0.05) is 12.2 Å². The Hall–Kier alpha value is -1.64. The van der Waals surface area contributed by atoms with Crippen LogP contribution in [0.5, 0.6) is 0 Å². The van der Waals surface area contributed by atoms with Crippen LogP contribution in [0.15, 0.2) is 34.2 Å². The zero-order chi connectivity index (χ0) is 14.5. The minimum Gasteiger partial charge on any atom is -0.325 e. The lowest BCUT2D eigenvalue weighted by molar-refractivity contribution is 0.598. The second-order valence-electron chi connectivity index (χ2n) is 4.43. The number of guanidine groups is 1. The summed E-state index contributed by atoms with van der Waals surface area (Å²) in [4.78, 5) is 4.24. The standard InChI is InChI=1S/C11H19N5O2S/c1-8(2)7-14-11(16-12)15-9-4-3-5-10(6-9)19(13,17)18/h3-6,8H,7,12H2,1-2H3,(H2,13,17,18)(H2,14,15,16). The van der Waals surface area contributed by atoms with Crippen LogP contribution in [0.25, 0.3) is 0 Å². The molecule has 0 fully saturated rings. The van der Waals surface area contributed by atoms with E-state index in [1.807, 2.05) is 13.8 Å². The molecule has 0 saturated carbocycles. The largest absolute Gasteiger partial charge is 0.325 e. The smallest absolute Gasteiger partial charge is 0.238 e. The van der Waals surface area contributed by atoms with Crippen LogP contribution in [0.2, 0.25) is 0 Å². The third-order valence-electron chi connectivity index (χ3n) is 2.18. The van der Waals surface area contributed by atoms with Crippen LogP contribution in [0.4, 0.5) is 5.69 Å². The molecule has 0 aliphatic carbocycles. The Kier molecular flexibility index (Phi) is 5.28. The molecule has 0 heterocycles. The second kappa shape index (κ2) is 6.50. The van der Waals surface area contributed by atoms with Crippen molar-refractivity contribution in [3.8, 4) is 0 Å². The minimum atomic E-state index is -3.73. The molecule has 1 aromatic carbocycles. The Bertz CT molecular complexity index is 554. The van der Waals surface area contributed by atoms with Crippen molar-refractivity contribution in [3.05, 3.63) is 24.3 Å². The fourth-order valence-corrected chi connectivity index (χ4v) is 1.84. The number of hydrogen-bond donors (Lipinski definition) is 4. The number of aliphatic imine (C=N–C) groups is 1. The molecule has 0 aliphatic heterocycles. The van der Waals surface area contributed by atoms with Gasteiger partial charge < -0.3 is 5.32 Å². The molecule has 1 rings (SSSR count). The summed E-state index contributed by atoms with van der Waals surface area (Å²) in [7, 11) is -3.73. The van der Waals surface area contributed by atoms with Crippen LogP contribution in [0.1, 0.15) is 13.8 Å². The van der Waals surface area contributed by atoms with Gasteiger partial charge in [0.05, 0.1) is 4.90 Å². The van der Waals surface area contributed by atoms with Crippen LogP contribution >= 0.6 is 0 Å². The van der Waals surface area contributed by atoms with E-state index in [4.69, 9.17) is 11.0 Å². The van der Waals surface area contributed by atoms with E-state index in [2.05, 4.69) is 15.7 Å². The lowest BCUT2D eigenvalue weighted by atomic mass is 10.2. The minimum absolute atomic E-state index is 0.0257. The van der Waals surface area contributed by atoms with Crippen LogP contribution in [-0.4, -0.2) is 20.9 Å². The number of hydrazine groups is 1. The van der Waals surface area contributed by atoms with Crippen molar-refractivity contribution < 1.29 is 8.42 Å². The number of nitrogens with one attached hydrogen (secondary N) is 2. The number of hydrogen-bond acceptors (Lipinski definition) is 4. The first-order valence-electron chi connectivity index (χ1n) is 5.74. The average Bonchev–Trinajstić information content (AvgIpc) is 2.33. The van der Waals surface area contributed by atoms with Crippen molar-refractivity contribution in [2.75, 3.05) is 11.9 Å². The molecule has 7 nitrogen and oxygen atoms in total. The van der Waals surface area contributed by atoms with E-state index >= 15 is 0 Å². The molecule has 0 spiro atoms. The molecule has 0 amide bonds. The van der Waals surface area contributed by atoms with E-state index < -0.39 is 10.0 Å². The molecule has 1 aromatic rings. The topological polar surface area (TPSA) is 123 Å². The van der Waals surface area contributed by atoms with E-state index in [-0.39, 0.29) is 4.90 Å². The molecule has 0 aromatic heterocycles. The summed E-state index contributed by atoms with van der Waals surface area (Å²) in [5.74, 6) is 6.10. The number of nitrogens with zero attached hydrogens (tertiary/aromatic N) is 1. The maximum Gasteiger partial charge on any atom is 0.238 e. The molecule has 8 heteroatoms. The molecular weight excluding hydrogens is 266 g/mol. The lowest BCUT2D eigenvalue weighted by Gasteiger charge is -2.10. The average molecular weight is 285 g/mol. The van der Waals surface area contributed by atoms with Gasteiger partial charge >= 0.3 is 0 Å². The molecule has 6 N–H and O–H groups in total. The Morgan fingerprint density at radius 1 is 1.42 bits per heavy atom. The Morgan fingerprint density at radius 2 is 2.11 bits per heavy atom. The van der Waals surface area contributed by atoms with E-state index in [9.17, 15) is 8.42 Å². The fourth-order valence-electron chi connectivity index (χ4n) is 1.28. The first kappa shape index (κ1) is 15.4. The molecule has 106 valence electrons. The Balaban J connectivity index is 2.89. The molecule has 0 bridgehead atoms. The molecule has 0 saturated heterocycles. The summed E-state index contributed by atoms with van der Waals surface area (Å²) in [5.41, 5.74) is 2.96. The monoisotopic (exact) mass is 285 g/mol. The van der Waals surface area contributed by atoms with Crippen LogP contribution in [0.3, 0.4) is 0 Å². The van der Waals surface area contributed by atoms with Crippen molar-refractivity contribution in [2.24, 2.45) is 21.9 Å². The van der Waals surface area contributed by atoms with Gasteiger partial charge in [0.1, 0.15) is 0 Å². The van der Waals surface area contributed by atoms with Crippen LogP contribution in [0, 0.1) is 5.92 Å². The number of nitrogens with two attached hydrogens (primary N) is 2. The highest BCUT2D eigenvalue weighted by Gasteiger charge is 2.08. The molecule has 0 unspecified atom stereocenters. The number of rotatable bonds is 4. The summed E-state index contributed by atoms with van der Waals surface area (Å²) in [6.07, 6.45) is 0. The van der Waals surface area contributed by atoms with Crippen molar-refractivity contribution in [2.45, 2.75) is 18.7 Å². The van der Waals surface area contributed by atoms with Crippen molar-refractivity contribution in [1.82, 2.24) is 5.43 Å². The molecule has 0 atom stereocenters. The summed E-state index contributed by atoms with van der Waals surface area (Å²) in [6.45, 7) is 4.65. The normalized spacial score (nSPS) is 12.6. The van der Waals surface area contributed by atoms with Gasteiger partial charge in [-0.1, -0.05) is 19.9 Å². The number of benzene rings is 1. The molecule has 19 heavy (non-hydrogen) atoms. The lowest BCUT2D eigenvalue weighted by Crippen LogP contribution is -2.36. The number of sulfonamides is 1. The quantitative estimate of drug-likeness (QED) is 0.273. The molecule has 0 radical (unpaired) electrons. The second-order valence-corrected chi connectivity index (χ2v) is 5.99. The maximum atomic E-state index is 11.2. The van der Waals surface area contributed by atoms with E-state index in [1.165, 1.54) is 12.1 Å². The van der Waals surface area contributed by atoms with E-state index in [1.54, 1.807) is 12.1 Å². The predicted octanol–water partition coefficient (Wildman–Crippen LogP) is 0.221. The number of primary sulfonamides is 1. The first-order valence-corrected chi connectivity index (χ1v) is 7.28. The van der Waals surface area contributed by atoms with Crippen molar-refractivity contribution >= 4 is 21.7 Å². The zero-order valence-corrected chi connectivity index (χ0v) is 11.7. The summed E-state index contributed by atoms with van der Waals surface area (Å²) >= 11 is 0. The van der Waals surface area contributed by atoms with Gasteiger partial charge in [-0.2, -0.15) is 0 Å². The Morgan fingerprint density at radius 3 is 2.63 bits per heavy atom. The first-order chi connectivity index (χ1) is 8.82. The zero-order valence-electron chi connectivity index (χ0n) is 10.9. The third-order valence-corrected chi connectivity index (χ3v) is 3.09. The van der Waals surface area contributed by atoms with Crippen LogP contribution in [-0.2, 0) is 10.0 Å². The molecular formula is C11H19N5O2S. The highest BCUT2D eigenvalue weighted by Crippen LogP contribution is 2.13. The highest BCUT2D eigenvalue weighted by atomic mass is 32.2. The molecule has 0 aliphatic rings. The third kappa shape index (κ3) is 5.25. The van der Waals surface area contributed by atoms with Gasteiger partial charge in [0.25, 0.3) is 0 Å². The summed E-state index contributed by atoms with van der Waals surface area (Å²) < 4.78 is 22.5. The van der Waals surface area contributed by atoms with E-state index in [0.717, 1.165) is 0 Å². The van der Waals surface area contributed by atoms with Gasteiger partial charge in [-0.05, 0) is 24.1 Å². The highest BCUT2D eigenvalue weighted by molar-refractivity contribution is 7.89. The summed E-state index contributed by atoms with van der Waals surface area (Å²) in [6, 6.07) is 6.11. The van der Waals surface area contributed by atoms with Crippen LogP contribution < -0.4 is 21.7 Å². The van der Waals surface area contributed by atoms with Crippen molar-refractivity contribution in [3.63, 3.8) is 0 Å². The van der Waals surface area contributed by atoms with Gasteiger partial charge in [0.15, 0.2) is 0 Å². The van der Waals surface area contributed by atoms with Gasteiger partial charge in [0.2, 0.25) is 16.0 Å². The van der Waals surface area contributed by atoms with E-state index in [0.29, 0.717) is 24.1 Å². The summed E-state index contributed by atoms with van der Waals surface area (Å²) in [5, 5.41) is 7.95. The predicted molar refractivity (Wildman–Crippen MR) is 75.9 cm³/mol. The maximum absolute atomic E-state index is 11.2. The number of anilines is 1. The van der Waals surface area contributed by atoms with Gasteiger partial charge in [-0.15, -0.1) is 0 Å². The Labute approximate surface area is 113 Å². The van der Waals surface area contributed by atoms with Crippen molar-refractivity contribution in [1.29, 1.82) is 0 Å².